The topological polar surface area (TPSA) is 89.3 Å². The molecule has 0 saturated carbocycles. The fourth-order valence-electron chi connectivity index (χ4n) is 2.42. The molecular weight excluding hydrogens is 344 g/mol. The van der Waals surface area contributed by atoms with E-state index in [4.69, 9.17) is 9.26 Å². The summed E-state index contributed by atoms with van der Waals surface area (Å²) in [5.41, 5.74) is 2.21. The predicted octanol–water partition coefficient (Wildman–Crippen LogP) is 4.33. The first-order valence-electron chi connectivity index (χ1n) is 8.75. The summed E-state index contributed by atoms with van der Waals surface area (Å²) in [6.45, 7) is 3.97. The van der Waals surface area contributed by atoms with Gasteiger partial charge in [-0.2, -0.15) is 4.98 Å². The number of nitrogens with zero attached hydrogens (tertiary/aromatic N) is 2. The molecule has 7 nitrogen and oxygen atoms in total. The van der Waals surface area contributed by atoms with Crippen molar-refractivity contribution in [1.29, 1.82) is 0 Å². The van der Waals surface area contributed by atoms with Crippen LogP contribution in [0.4, 0.5) is 10.5 Å². The Morgan fingerprint density at radius 2 is 1.96 bits per heavy atom. The van der Waals surface area contributed by atoms with E-state index in [2.05, 4.69) is 20.8 Å². The minimum absolute atomic E-state index is 0.109. The van der Waals surface area contributed by atoms with Crippen LogP contribution in [0.5, 0.6) is 5.75 Å². The summed E-state index contributed by atoms with van der Waals surface area (Å²) in [6.07, 6.45) is 0.866. The summed E-state index contributed by atoms with van der Waals surface area (Å²) in [4.78, 5) is 16.4. The third-order valence-electron chi connectivity index (χ3n) is 4.13. The smallest absolute Gasteiger partial charge is 0.319 e. The van der Waals surface area contributed by atoms with Crippen LogP contribution >= 0.6 is 0 Å². The lowest BCUT2D eigenvalue weighted by Gasteiger charge is -2.12. The Balaban J connectivity index is 1.75. The molecule has 0 spiro atoms. The van der Waals surface area contributed by atoms with Gasteiger partial charge in [-0.3, -0.25) is 0 Å². The van der Waals surface area contributed by atoms with Gasteiger partial charge in [0, 0.05) is 22.9 Å². The maximum atomic E-state index is 12.0. The summed E-state index contributed by atoms with van der Waals surface area (Å²) in [6, 6.07) is 14.5. The van der Waals surface area contributed by atoms with E-state index >= 15 is 0 Å². The molecule has 0 bridgehead atoms. The lowest BCUT2D eigenvalue weighted by molar-refractivity contribution is 0.249. The van der Waals surface area contributed by atoms with Crippen molar-refractivity contribution in [2.45, 2.75) is 26.3 Å². The maximum Gasteiger partial charge on any atom is 0.319 e. The van der Waals surface area contributed by atoms with Crippen molar-refractivity contribution in [2.24, 2.45) is 0 Å². The fraction of sp³-hybridized carbons (Fsp3) is 0.250. The number of hydrogen-bond acceptors (Lipinski definition) is 5. The Labute approximate surface area is 157 Å². The number of nitrogens with one attached hydrogen (secondary N) is 2. The van der Waals surface area contributed by atoms with Gasteiger partial charge in [0.1, 0.15) is 5.75 Å². The highest BCUT2D eigenvalue weighted by Crippen LogP contribution is 2.25. The molecule has 3 rings (SSSR count). The van der Waals surface area contributed by atoms with Gasteiger partial charge >= 0.3 is 6.03 Å². The zero-order valence-corrected chi connectivity index (χ0v) is 15.5. The van der Waals surface area contributed by atoms with E-state index in [9.17, 15) is 4.79 Å². The molecule has 0 aliphatic rings. The Hall–Kier alpha value is -3.35. The number of aromatic nitrogens is 2. The van der Waals surface area contributed by atoms with Crippen LogP contribution in [0.3, 0.4) is 0 Å². The molecule has 2 amide bonds. The van der Waals surface area contributed by atoms with Crippen LogP contribution in [-0.4, -0.2) is 29.3 Å². The van der Waals surface area contributed by atoms with Crippen molar-refractivity contribution >= 4 is 11.7 Å². The van der Waals surface area contributed by atoms with Crippen molar-refractivity contribution in [1.82, 2.24) is 15.5 Å². The first-order valence-corrected chi connectivity index (χ1v) is 8.75. The molecule has 2 N–H and O–H groups in total. The van der Waals surface area contributed by atoms with E-state index < -0.39 is 0 Å². The molecule has 140 valence electrons. The molecule has 1 atom stereocenters. The van der Waals surface area contributed by atoms with Crippen LogP contribution in [0.25, 0.3) is 22.8 Å². The van der Waals surface area contributed by atoms with Crippen molar-refractivity contribution in [2.75, 3.05) is 12.4 Å². The summed E-state index contributed by atoms with van der Waals surface area (Å²) < 4.78 is 10.5. The van der Waals surface area contributed by atoms with Gasteiger partial charge in [-0.1, -0.05) is 24.2 Å². The molecular formula is C20H22N4O3. The number of amides is 2. The third kappa shape index (κ3) is 4.63. The highest BCUT2D eigenvalue weighted by atomic mass is 16.5. The summed E-state index contributed by atoms with van der Waals surface area (Å²) in [5.74, 6) is 1.63. The van der Waals surface area contributed by atoms with E-state index in [1.54, 1.807) is 13.2 Å². The van der Waals surface area contributed by atoms with Gasteiger partial charge in [0.05, 0.1) is 7.11 Å². The van der Waals surface area contributed by atoms with Gasteiger partial charge in [0.2, 0.25) is 5.82 Å². The Bertz CT molecular complexity index is 906. The SMILES string of the molecule is CCC(C)NC(=O)Nc1cccc(-c2noc(-c3ccc(OC)cc3)n2)c1. The van der Waals surface area contributed by atoms with Crippen molar-refractivity contribution < 1.29 is 14.1 Å². The summed E-state index contributed by atoms with van der Waals surface area (Å²) >= 11 is 0. The van der Waals surface area contributed by atoms with Crippen LogP contribution in [0.15, 0.2) is 53.1 Å². The Morgan fingerprint density at radius 3 is 2.67 bits per heavy atom. The minimum atomic E-state index is -0.242. The quantitative estimate of drug-likeness (QED) is 0.678. The lowest BCUT2D eigenvalue weighted by Crippen LogP contribution is -2.35. The van der Waals surface area contributed by atoms with E-state index in [1.165, 1.54) is 0 Å². The van der Waals surface area contributed by atoms with Crippen LogP contribution in [0.1, 0.15) is 20.3 Å². The number of ether oxygens (including phenoxy) is 1. The lowest BCUT2D eigenvalue weighted by atomic mass is 10.2. The van der Waals surface area contributed by atoms with Crippen molar-refractivity contribution in [3.05, 3.63) is 48.5 Å². The van der Waals surface area contributed by atoms with Crippen LogP contribution in [-0.2, 0) is 0 Å². The average molecular weight is 366 g/mol. The summed E-state index contributed by atoms with van der Waals surface area (Å²) in [7, 11) is 1.62. The first kappa shape index (κ1) is 18.4. The zero-order valence-electron chi connectivity index (χ0n) is 15.5. The second kappa shape index (κ2) is 8.35. The molecule has 0 aliphatic heterocycles. The molecule has 1 unspecified atom stereocenters. The van der Waals surface area contributed by atoms with Gasteiger partial charge in [-0.05, 0) is 49.7 Å². The number of benzene rings is 2. The Morgan fingerprint density at radius 1 is 1.19 bits per heavy atom. The third-order valence-corrected chi connectivity index (χ3v) is 4.13. The highest BCUT2D eigenvalue weighted by Gasteiger charge is 2.12. The van der Waals surface area contributed by atoms with Crippen LogP contribution < -0.4 is 15.4 Å². The molecule has 1 heterocycles. The predicted molar refractivity (Wildman–Crippen MR) is 104 cm³/mol. The van der Waals surface area contributed by atoms with Crippen LogP contribution in [0.2, 0.25) is 0 Å². The molecule has 1 aromatic heterocycles. The van der Waals surface area contributed by atoms with Gasteiger partial charge in [-0.25, -0.2) is 4.79 Å². The van der Waals surface area contributed by atoms with E-state index in [1.807, 2.05) is 56.3 Å². The second-order valence-electron chi connectivity index (χ2n) is 6.14. The van der Waals surface area contributed by atoms with Crippen molar-refractivity contribution in [3.8, 4) is 28.6 Å². The molecule has 0 radical (unpaired) electrons. The molecule has 0 fully saturated rings. The number of urea groups is 1. The first-order chi connectivity index (χ1) is 13.1. The largest absolute Gasteiger partial charge is 0.497 e. The molecule has 7 heteroatoms. The monoisotopic (exact) mass is 366 g/mol. The summed E-state index contributed by atoms with van der Waals surface area (Å²) in [5, 5.41) is 9.72. The Kier molecular flexibility index (Phi) is 5.71. The number of rotatable bonds is 6. The van der Waals surface area contributed by atoms with Gasteiger partial charge in [0.15, 0.2) is 0 Å². The molecule has 3 aromatic rings. The van der Waals surface area contributed by atoms with Gasteiger partial charge in [0.25, 0.3) is 5.89 Å². The zero-order chi connectivity index (χ0) is 19.2. The van der Waals surface area contributed by atoms with E-state index in [-0.39, 0.29) is 12.1 Å². The average Bonchev–Trinajstić information content (AvgIpc) is 3.18. The second-order valence-corrected chi connectivity index (χ2v) is 6.14. The van der Waals surface area contributed by atoms with Gasteiger partial charge < -0.3 is 19.9 Å². The van der Waals surface area contributed by atoms with E-state index in [0.717, 1.165) is 23.3 Å². The highest BCUT2D eigenvalue weighted by molar-refractivity contribution is 5.90. The molecule has 0 aliphatic carbocycles. The van der Waals surface area contributed by atoms with Crippen LogP contribution in [0, 0.1) is 0 Å². The minimum Gasteiger partial charge on any atom is -0.497 e. The standard InChI is InChI=1S/C20H22N4O3/c1-4-13(2)21-20(25)22-16-7-5-6-15(12-16)18-23-19(27-24-18)14-8-10-17(26-3)11-9-14/h5-13H,4H2,1-3H3,(H2,21,22,25). The van der Waals surface area contributed by atoms with Gasteiger partial charge in [-0.15, -0.1) is 0 Å². The number of hydrogen-bond donors (Lipinski definition) is 2. The number of carbonyl (C=O) groups is 1. The number of methoxy groups -OCH3 is 1. The number of anilines is 1. The molecule has 2 aromatic carbocycles. The fourth-order valence-corrected chi connectivity index (χ4v) is 2.42. The molecule has 0 saturated heterocycles. The number of carbonyl (C=O) groups excluding carboxylic acids is 1. The normalized spacial score (nSPS) is 11.7. The maximum absolute atomic E-state index is 12.0. The van der Waals surface area contributed by atoms with Crippen molar-refractivity contribution in [3.63, 3.8) is 0 Å². The van der Waals surface area contributed by atoms with E-state index in [0.29, 0.717) is 17.4 Å². The molecule has 27 heavy (non-hydrogen) atoms.